The van der Waals surface area contributed by atoms with E-state index in [4.69, 9.17) is 36.1 Å². The lowest BCUT2D eigenvalue weighted by atomic mass is 9.83. The Labute approximate surface area is 245 Å². The fourth-order valence-corrected chi connectivity index (χ4v) is 6.08. The van der Waals surface area contributed by atoms with E-state index in [2.05, 4.69) is 10.6 Å². The van der Waals surface area contributed by atoms with Gasteiger partial charge in [0.25, 0.3) is 0 Å². The molecule has 16 atom stereocenters. The molecule has 42 heavy (non-hydrogen) atoms. The van der Waals surface area contributed by atoms with Gasteiger partial charge in [0.2, 0.25) is 0 Å². The van der Waals surface area contributed by atoms with Crippen LogP contribution in [0.2, 0.25) is 0 Å². The summed E-state index contributed by atoms with van der Waals surface area (Å²) >= 11 is 0. The van der Waals surface area contributed by atoms with E-state index >= 15 is 0 Å². The first-order valence-corrected chi connectivity index (χ1v) is 15.0. The zero-order chi connectivity index (χ0) is 30.7. The molecular formula is C26H51N5O11. The summed E-state index contributed by atoms with van der Waals surface area (Å²) in [5.74, 6) is 0.488. The van der Waals surface area contributed by atoms with Crippen LogP contribution in [0.25, 0.3) is 0 Å². The van der Waals surface area contributed by atoms with Crippen molar-refractivity contribution in [2.75, 3.05) is 26.3 Å². The van der Waals surface area contributed by atoms with Gasteiger partial charge in [0.05, 0.1) is 25.3 Å². The zero-order valence-electron chi connectivity index (χ0n) is 24.0. The quantitative estimate of drug-likeness (QED) is 0.0926. The van der Waals surface area contributed by atoms with E-state index in [0.717, 1.165) is 19.3 Å². The largest absolute Gasteiger partial charge is 0.395 e. The Hall–Kier alpha value is -0.640. The van der Waals surface area contributed by atoms with Gasteiger partial charge in [-0.15, -0.1) is 0 Å². The zero-order valence-corrected chi connectivity index (χ0v) is 24.0. The van der Waals surface area contributed by atoms with Gasteiger partial charge in [-0.25, -0.2) is 0 Å². The van der Waals surface area contributed by atoms with Gasteiger partial charge in [-0.1, -0.05) is 19.8 Å². The number of ether oxygens (including phenoxy) is 4. The minimum atomic E-state index is -1.50. The number of hydrogen-bond acceptors (Lipinski definition) is 16. The predicted molar refractivity (Wildman–Crippen MR) is 146 cm³/mol. The molecule has 2 saturated heterocycles. The summed E-state index contributed by atoms with van der Waals surface area (Å²) in [6.07, 6.45) is -10.8. The molecule has 0 aromatic rings. The van der Waals surface area contributed by atoms with Crippen LogP contribution >= 0.6 is 0 Å². The molecule has 2 unspecified atom stereocenters. The van der Waals surface area contributed by atoms with E-state index in [1.807, 2.05) is 6.92 Å². The second-order valence-electron chi connectivity index (χ2n) is 12.1. The molecule has 0 amide bonds. The lowest BCUT2D eigenvalue weighted by Gasteiger charge is -2.49. The molecule has 246 valence electrons. The van der Waals surface area contributed by atoms with Crippen LogP contribution in [0.3, 0.4) is 0 Å². The third kappa shape index (κ3) is 7.77. The molecule has 16 nitrogen and oxygen atoms in total. The number of aliphatic hydroxyl groups is 7. The van der Waals surface area contributed by atoms with Gasteiger partial charge in [0.15, 0.2) is 12.6 Å². The standard InChI is InChI=1S/C26H51N5O11/c1-2-30-7-14-19(35)20(36)17(29)25(39-14)41-23-12(27)6-13(31-11(8-32)5-10-3-4-10)24(22(23)38)42-26-21(37)16(28)18(34)15(9-33)40-26/h10-26,30-38H,2-9,27-29H2,1H3/t11?,12-,13+,14+,15+,16-,17+,18+,19+,20+,21+,22-,23?,24-,25+,26+/m0/s1. The molecule has 4 aliphatic rings. The maximum Gasteiger partial charge on any atom is 0.186 e. The van der Waals surface area contributed by atoms with Crippen LogP contribution in [0.1, 0.15) is 32.6 Å². The summed E-state index contributed by atoms with van der Waals surface area (Å²) in [5.41, 5.74) is 18.6. The summed E-state index contributed by atoms with van der Waals surface area (Å²) in [6.45, 7) is 1.96. The summed E-state index contributed by atoms with van der Waals surface area (Å²) in [5, 5.41) is 79.7. The first-order chi connectivity index (χ1) is 20.0. The number of hydrogen-bond donors (Lipinski definition) is 12. The predicted octanol–water partition coefficient (Wildman–Crippen LogP) is -5.88. The Morgan fingerprint density at radius 2 is 1.48 bits per heavy atom. The number of nitrogens with two attached hydrogens (primary N) is 3. The number of rotatable bonds is 13. The third-order valence-electron chi connectivity index (χ3n) is 8.87. The molecule has 4 rings (SSSR count). The number of aliphatic hydroxyl groups excluding tert-OH is 7. The molecule has 0 aromatic carbocycles. The Morgan fingerprint density at radius 3 is 2.10 bits per heavy atom. The second kappa shape index (κ2) is 15.1. The first kappa shape index (κ1) is 34.2. The smallest absolute Gasteiger partial charge is 0.186 e. The van der Waals surface area contributed by atoms with Crippen LogP contribution in [-0.2, 0) is 18.9 Å². The monoisotopic (exact) mass is 609 g/mol. The fraction of sp³-hybridized carbons (Fsp3) is 1.00. The van der Waals surface area contributed by atoms with Gasteiger partial charge >= 0.3 is 0 Å². The van der Waals surface area contributed by atoms with Gasteiger partial charge in [-0.3, -0.25) is 0 Å². The van der Waals surface area contributed by atoms with E-state index in [9.17, 15) is 35.7 Å². The Bertz CT molecular complexity index is 832. The summed E-state index contributed by atoms with van der Waals surface area (Å²) in [7, 11) is 0. The molecule has 0 aromatic heterocycles. The van der Waals surface area contributed by atoms with Gasteiger partial charge in [0, 0.05) is 24.7 Å². The van der Waals surface area contributed by atoms with Crippen LogP contribution in [0.4, 0.5) is 0 Å². The highest BCUT2D eigenvalue weighted by Gasteiger charge is 2.52. The summed E-state index contributed by atoms with van der Waals surface area (Å²) in [4.78, 5) is 0. The average Bonchev–Trinajstić information content (AvgIpc) is 3.80. The van der Waals surface area contributed by atoms with Crippen molar-refractivity contribution >= 4 is 0 Å². The Balaban J connectivity index is 1.54. The van der Waals surface area contributed by atoms with Crippen molar-refractivity contribution in [1.82, 2.24) is 10.6 Å². The minimum Gasteiger partial charge on any atom is -0.395 e. The SMILES string of the molecule is CCNC[C@H]1O[C@H](OC2[C@@H](N)C[C@@H](NC(CO)CC3CC3)[C@H](O[C@H]3O[C@H](CO)[C@@H](O)[C@H](N)[C@H]3O)[C@H]2O)[C@H](N)[C@@H](O)[C@@H]1O. The highest BCUT2D eigenvalue weighted by atomic mass is 16.7. The molecule has 2 heterocycles. The van der Waals surface area contributed by atoms with Crippen molar-refractivity contribution in [2.45, 2.75) is 130 Å². The molecular weight excluding hydrogens is 558 g/mol. The maximum atomic E-state index is 11.6. The topological polar surface area (TPSA) is 281 Å². The third-order valence-corrected chi connectivity index (χ3v) is 8.87. The van der Waals surface area contributed by atoms with Gasteiger partial charge < -0.3 is 82.5 Å². The molecule has 4 fully saturated rings. The van der Waals surface area contributed by atoms with Gasteiger partial charge in [-0.2, -0.15) is 0 Å². The van der Waals surface area contributed by atoms with E-state index in [1.54, 1.807) is 0 Å². The summed E-state index contributed by atoms with van der Waals surface area (Å²) in [6, 6.07) is -4.07. The van der Waals surface area contributed by atoms with Crippen molar-refractivity contribution < 1.29 is 54.7 Å². The van der Waals surface area contributed by atoms with Crippen LogP contribution < -0.4 is 27.8 Å². The van der Waals surface area contributed by atoms with E-state index < -0.39 is 98.3 Å². The molecule has 0 spiro atoms. The molecule has 15 N–H and O–H groups in total. The van der Waals surface area contributed by atoms with E-state index in [0.29, 0.717) is 12.5 Å². The normalized spacial score (nSPS) is 47.4. The van der Waals surface area contributed by atoms with Gasteiger partial charge in [0.1, 0.15) is 54.9 Å². The van der Waals surface area contributed by atoms with Gasteiger partial charge in [-0.05, 0) is 25.3 Å². The van der Waals surface area contributed by atoms with Crippen molar-refractivity contribution in [1.29, 1.82) is 0 Å². The van der Waals surface area contributed by atoms with Crippen molar-refractivity contribution in [2.24, 2.45) is 23.1 Å². The average molecular weight is 610 g/mol. The lowest BCUT2D eigenvalue weighted by Crippen LogP contribution is -2.70. The number of likely N-dealkylation sites (N-methyl/N-ethyl adjacent to an activating group) is 1. The molecule has 2 aliphatic carbocycles. The van der Waals surface area contributed by atoms with Crippen molar-refractivity contribution in [3.05, 3.63) is 0 Å². The molecule has 0 radical (unpaired) electrons. The fourth-order valence-electron chi connectivity index (χ4n) is 6.08. The molecule has 16 heteroatoms. The number of nitrogens with one attached hydrogen (secondary N) is 2. The minimum absolute atomic E-state index is 0.157. The van der Waals surface area contributed by atoms with E-state index in [-0.39, 0.29) is 25.6 Å². The highest BCUT2D eigenvalue weighted by molar-refractivity contribution is 5.03. The van der Waals surface area contributed by atoms with Crippen LogP contribution in [0, 0.1) is 5.92 Å². The van der Waals surface area contributed by atoms with Crippen molar-refractivity contribution in [3.8, 4) is 0 Å². The molecule has 0 bridgehead atoms. The molecule has 2 saturated carbocycles. The Morgan fingerprint density at radius 1 is 0.810 bits per heavy atom. The second-order valence-corrected chi connectivity index (χ2v) is 12.1. The van der Waals surface area contributed by atoms with Crippen LogP contribution in [0.5, 0.6) is 0 Å². The Kier molecular flexibility index (Phi) is 12.3. The maximum absolute atomic E-state index is 11.6. The lowest BCUT2D eigenvalue weighted by molar-refractivity contribution is -0.320. The summed E-state index contributed by atoms with van der Waals surface area (Å²) < 4.78 is 23.7. The highest BCUT2D eigenvalue weighted by Crippen LogP contribution is 2.35. The van der Waals surface area contributed by atoms with Crippen molar-refractivity contribution in [3.63, 3.8) is 0 Å². The van der Waals surface area contributed by atoms with Crippen LogP contribution in [0.15, 0.2) is 0 Å². The van der Waals surface area contributed by atoms with Crippen LogP contribution in [-0.4, -0.2) is 160 Å². The molecule has 2 aliphatic heterocycles. The first-order valence-electron chi connectivity index (χ1n) is 15.0. The van der Waals surface area contributed by atoms with E-state index in [1.165, 1.54) is 0 Å².